The van der Waals surface area contributed by atoms with E-state index < -0.39 is 0 Å². The van der Waals surface area contributed by atoms with Gasteiger partial charge in [-0.3, -0.25) is 0 Å². The molecule has 1 aliphatic carbocycles. The van der Waals surface area contributed by atoms with Gasteiger partial charge in [0.05, 0.1) is 6.10 Å². The summed E-state index contributed by atoms with van der Waals surface area (Å²) in [5.41, 5.74) is 0.292. The normalized spacial score (nSPS) is 39.4. The molecule has 0 aromatic heterocycles. The van der Waals surface area contributed by atoms with Crippen molar-refractivity contribution in [3.8, 4) is 0 Å². The first-order chi connectivity index (χ1) is 7.44. The van der Waals surface area contributed by atoms with Gasteiger partial charge in [0, 0.05) is 6.61 Å². The molecule has 96 valence electrons. The molecule has 1 rings (SSSR count). The number of hydrogen-bond acceptors (Lipinski definition) is 2. The molecule has 0 heterocycles. The lowest BCUT2D eigenvalue weighted by Crippen LogP contribution is -2.41. The smallest absolute Gasteiger partial charge is 0.0577 e. The van der Waals surface area contributed by atoms with Crippen LogP contribution in [0.2, 0.25) is 0 Å². The van der Waals surface area contributed by atoms with Gasteiger partial charge in [0.1, 0.15) is 0 Å². The number of rotatable bonds is 4. The zero-order valence-corrected chi connectivity index (χ0v) is 11.2. The van der Waals surface area contributed by atoms with Crippen LogP contribution in [-0.4, -0.2) is 22.9 Å². The standard InChI is InChI=1S/C14H28O2/c1-5-11(3)14(4)7-6-12(10(2)9-15)13(16)8-14/h10-13,15-16H,5-9H2,1-4H3. The predicted molar refractivity (Wildman–Crippen MR) is 67.2 cm³/mol. The molecule has 0 aromatic carbocycles. The second kappa shape index (κ2) is 5.50. The van der Waals surface area contributed by atoms with Crippen LogP contribution in [0, 0.1) is 23.2 Å². The molecule has 16 heavy (non-hydrogen) atoms. The summed E-state index contributed by atoms with van der Waals surface area (Å²) in [4.78, 5) is 0. The second-order valence-electron chi connectivity index (χ2n) is 6.10. The maximum Gasteiger partial charge on any atom is 0.0577 e. The molecule has 0 aromatic rings. The minimum absolute atomic E-state index is 0.196. The molecule has 2 N–H and O–H groups in total. The molecule has 0 amide bonds. The zero-order valence-electron chi connectivity index (χ0n) is 11.2. The molecule has 1 saturated carbocycles. The van der Waals surface area contributed by atoms with E-state index in [1.54, 1.807) is 0 Å². The molecule has 0 bridgehead atoms. The van der Waals surface area contributed by atoms with Gasteiger partial charge >= 0.3 is 0 Å². The Bertz CT molecular complexity index is 217. The van der Waals surface area contributed by atoms with Crippen LogP contribution in [0.5, 0.6) is 0 Å². The zero-order chi connectivity index (χ0) is 12.3. The van der Waals surface area contributed by atoms with Gasteiger partial charge in [0.25, 0.3) is 0 Å². The van der Waals surface area contributed by atoms with E-state index in [9.17, 15) is 10.2 Å². The fraction of sp³-hybridized carbons (Fsp3) is 1.00. The lowest BCUT2D eigenvalue weighted by atomic mass is 9.62. The first kappa shape index (κ1) is 14.0. The quantitative estimate of drug-likeness (QED) is 0.777. The average molecular weight is 228 g/mol. The van der Waals surface area contributed by atoms with E-state index in [-0.39, 0.29) is 18.6 Å². The highest BCUT2D eigenvalue weighted by Crippen LogP contribution is 2.46. The highest BCUT2D eigenvalue weighted by atomic mass is 16.3. The van der Waals surface area contributed by atoms with Crippen LogP contribution >= 0.6 is 0 Å². The minimum atomic E-state index is -0.227. The molecule has 5 atom stereocenters. The fourth-order valence-electron chi connectivity index (χ4n) is 3.16. The van der Waals surface area contributed by atoms with Crippen LogP contribution in [-0.2, 0) is 0 Å². The van der Waals surface area contributed by atoms with Crippen molar-refractivity contribution >= 4 is 0 Å². The molecule has 0 radical (unpaired) electrons. The highest BCUT2D eigenvalue weighted by Gasteiger charge is 2.41. The van der Waals surface area contributed by atoms with Gasteiger partial charge in [-0.15, -0.1) is 0 Å². The van der Waals surface area contributed by atoms with E-state index >= 15 is 0 Å². The molecule has 0 spiro atoms. The van der Waals surface area contributed by atoms with Crippen LogP contribution in [0.3, 0.4) is 0 Å². The summed E-state index contributed by atoms with van der Waals surface area (Å²) >= 11 is 0. The predicted octanol–water partition coefficient (Wildman–Crippen LogP) is 2.83. The first-order valence-electron chi connectivity index (χ1n) is 6.73. The van der Waals surface area contributed by atoms with Crippen LogP contribution in [0.1, 0.15) is 53.4 Å². The molecule has 0 aliphatic heterocycles. The van der Waals surface area contributed by atoms with Gasteiger partial charge in [-0.25, -0.2) is 0 Å². The van der Waals surface area contributed by atoms with Crippen molar-refractivity contribution in [1.29, 1.82) is 0 Å². The molecule has 0 saturated heterocycles. The van der Waals surface area contributed by atoms with Crippen LogP contribution in [0.25, 0.3) is 0 Å². The maximum absolute atomic E-state index is 10.2. The summed E-state index contributed by atoms with van der Waals surface area (Å²) in [7, 11) is 0. The lowest BCUT2D eigenvalue weighted by molar-refractivity contribution is -0.0422. The van der Waals surface area contributed by atoms with Crippen molar-refractivity contribution < 1.29 is 10.2 Å². The van der Waals surface area contributed by atoms with E-state index in [4.69, 9.17) is 0 Å². The number of aliphatic hydroxyl groups excluding tert-OH is 2. The Labute approximate surface area is 100 Å². The van der Waals surface area contributed by atoms with Gasteiger partial charge < -0.3 is 10.2 Å². The summed E-state index contributed by atoms with van der Waals surface area (Å²) in [5, 5.41) is 19.4. The van der Waals surface area contributed by atoms with E-state index in [2.05, 4.69) is 20.8 Å². The first-order valence-corrected chi connectivity index (χ1v) is 6.73. The number of hydrogen-bond donors (Lipinski definition) is 2. The fourth-order valence-corrected chi connectivity index (χ4v) is 3.16. The summed E-state index contributed by atoms with van der Waals surface area (Å²) in [6.45, 7) is 9.07. The summed E-state index contributed by atoms with van der Waals surface area (Å²) in [6, 6.07) is 0. The van der Waals surface area contributed by atoms with E-state index in [1.165, 1.54) is 12.8 Å². The third kappa shape index (κ3) is 2.78. The van der Waals surface area contributed by atoms with E-state index in [0.717, 1.165) is 12.8 Å². The van der Waals surface area contributed by atoms with Crippen molar-refractivity contribution in [2.75, 3.05) is 6.61 Å². The largest absolute Gasteiger partial charge is 0.396 e. The molecule has 5 unspecified atom stereocenters. The Morgan fingerprint density at radius 1 is 1.38 bits per heavy atom. The molecular formula is C14H28O2. The van der Waals surface area contributed by atoms with Gasteiger partial charge in [-0.05, 0) is 42.4 Å². The third-order valence-corrected chi connectivity index (χ3v) is 5.04. The van der Waals surface area contributed by atoms with Crippen molar-refractivity contribution in [1.82, 2.24) is 0 Å². The molecular weight excluding hydrogens is 200 g/mol. The maximum atomic E-state index is 10.2. The van der Waals surface area contributed by atoms with E-state index in [1.807, 2.05) is 6.92 Å². The van der Waals surface area contributed by atoms with Crippen LogP contribution < -0.4 is 0 Å². The van der Waals surface area contributed by atoms with Crippen LogP contribution in [0.15, 0.2) is 0 Å². The van der Waals surface area contributed by atoms with Gasteiger partial charge in [0.15, 0.2) is 0 Å². The SMILES string of the molecule is CCC(C)C1(C)CCC(C(C)CO)C(O)C1. The summed E-state index contributed by atoms with van der Waals surface area (Å²) in [6.07, 6.45) is 4.10. The van der Waals surface area contributed by atoms with Gasteiger partial charge in [0.2, 0.25) is 0 Å². The Balaban J connectivity index is 2.63. The van der Waals surface area contributed by atoms with Gasteiger partial charge in [-0.2, -0.15) is 0 Å². The topological polar surface area (TPSA) is 40.5 Å². The van der Waals surface area contributed by atoms with Crippen molar-refractivity contribution in [2.24, 2.45) is 23.2 Å². The second-order valence-corrected chi connectivity index (χ2v) is 6.10. The van der Waals surface area contributed by atoms with Crippen LogP contribution in [0.4, 0.5) is 0 Å². The molecule has 2 heteroatoms. The average Bonchev–Trinajstić information content (AvgIpc) is 2.27. The molecule has 1 fully saturated rings. The third-order valence-electron chi connectivity index (χ3n) is 5.04. The molecule has 2 nitrogen and oxygen atoms in total. The monoisotopic (exact) mass is 228 g/mol. The minimum Gasteiger partial charge on any atom is -0.396 e. The Morgan fingerprint density at radius 2 is 2.00 bits per heavy atom. The summed E-state index contributed by atoms with van der Waals surface area (Å²) < 4.78 is 0. The Hall–Kier alpha value is -0.0800. The van der Waals surface area contributed by atoms with Crippen molar-refractivity contribution in [2.45, 2.75) is 59.5 Å². The van der Waals surface area contributed by atoms with Crippen molar-refractivity contribution in [3.05, 3.63) is 0 Å². The van der Waals surface area contributed by atoms with E-state index in [0.29, 0.717) is 17.3 Å². The molecule has 1 aliphatic rings. The highest BCUT2D eigenvalue weighted by molar-refractivity contribution is 4.91. The Kier molecular flexibility index (Phi) is 4.81. The lowest BCUT2D eigenvalue weighted by Gasteiger charge is -2.45. The number of aliphatic hydroxyl groups is 2. The summed E-state index contributed by atoms with van der Waals surface area (Å²) in [5.74, 6) is 1.20. The Morgan fingerprint density at radius 3 is 2.44 bits per heavy atom. The van der Waals surface area contributed by atoms with Gasteiger partial charge in [-0.1, -0.05) is 34.1 Å². The van der Waals surface area contributed by atoms with Crippen molar-refractivity contribution in [3.63, 3.8) is 0 Å².